The maximum atomic E-state index is 13.2. The van der Waals surface area contributed by atoms with Crippen LogP contribution < -0.4 is 0 Å². The number of rotatable bonds is 4. The number of furan rings is 1. The number of amides is 1. The van der Waals surface area contributed by atoms with Crippen LogP contribution in [0.5, 0.6) is 0 Å². The summed E-state index contributed by atoms with van der Waals surface area (Å²) in [6.45, 7) is 2.25. The first-order valence-corrected chi connectivity index (χ1v) is 8.70. The van der Waals surface area contributed by atoms with Gasteiger partial charge in [0.05, 0.1) is 17.4 Å². The van der Waals surface area contributed by atoms with E-state index in [2.05, 4.69) is 5.10 Å². The minimum Gasteiger partial charge on any atom is -0.481 e. The lowest BCUT2D eigenvalue weighted by Crippen LogP contribution is -2.35. The topological polar surface area (TPSA) is 88.6 Å². The second-order valence-electron chi connectivity index (χ2n) is 6.98. The highest BCUT2D eigenvalue weighted by atomic mass is 16.4. The number of carboxylic acids is 1. The molecular formula is C20H19N3O4. The maximum Gasteiger partial charge on any atom is 0.311 e. The van der Waals surface area contributed by atoms with E-state index in [0.717, 1.165) is 5.69 Å². The van der Waals surface area contributed by atoms with E-state index in [4.69, 9.17) is 4.42 Å². The number of aromatic nitrogens is 2. The Bertz CT molecular complexity index is 978. The van der Waals surface area contributed by atoms with Crippen LogP contribution in [0, 0.1) is 5.41 Å². The summed E-state index contributed by atoms with van der Waals surface area (Å²) in [6.07, 6.45) is 1.98. The number of carbonyl (C=O) groups is 2. The smallest absolute Gasteiger partial charge is 0.311 e. The minimum atomic E-state index is -0.920. The largest absolute Gasteiger partial charge is 0.481 e. The van der Waals surface area contributed by atoms with Crippen molar-refractivity contribution in [2.45, 2.75) is 13.3 Å². The Morgan fingerprint density at radius 2 is 1.96 bits per heavy atom. The van der Waals surface area contributed by atoms with Crippen LogP contribution >= 0.6 is 0 Å². The maximum absolute atomic E-state index is 13.2. The lowest BCUT2D eigenvalue weighted by molar-refractivity contribution is -0.147. The molecule has 1 aliphatic rings. The molecule has 138 valence electrons. The highest BCUT2D eigenvalue weighted by Crippen LogP contribution is 2.32. The van der Waals surface area contributed by atoms with Gasteiger partial charge in [0, 0.05) is 19.2 Å². The fourth-order valence-corrected chi connectivity index (χ4v) is 3.32. The van der Waals surface area contributed by atoms with Gasteiger partial charge in [-0.05, 0) is 37.6 Å². The molecule has 0 unspecified atom stereocenters. The first kappa shape index (κ1) is 17.1. The van der Waals surface area contributed by atoms with Crippen LogP contribution in [0.3, 0.4) is 0 Å². The molecule has 0 radical (unpaired) electrons. The predicted molar refractivity (Wildman–Crippen MR) is 97.5 cm³/mol. The van der Waals surface area contributed by atoms with Crippen LogP contribution in [0.2, 0.25) is 0 Å². The molecule has 0 saturated carbocycles. The van der Waals surface area contributed by atoms with Crippen LogP contribution in [-0.2, 0) is 4.79 Å². The number of aliphatic carboxylic acids is 1. The highest BCUT2D eigenvalue weighted by Gasteiger charge is 2.43. The predicted octanol–water partition coefficient (Wildman–Crippen LogP) is 3.07. The van der Waals surface area contributed by atoms with E-state index in [1.54, 1.807) is 41.0 Å². The van der Waals surface area contributed by atoms with E-state index in [1.165, 1.54) is 0 Å². The number of likely N-dealkylation sites (tertiary alicyclic amines) is 1. The summed E-state index contributed by atoms with van der Waals surface area (Å²) in [5.41, 5.74) is 0.755. The number of benzene rings is 1. The Morgan fingerprint density at radius 1 is 1.19 bits per heavy atom. The Hall–Kier alpha value is -3.35. The van der Waals surface area contributed by atoms with E-state index in [9.17, 15) is 14.7 Å². The van der Waals surface area contributed by atoms with E-state index in [0.29, 0.717) is 30.1 Å². The van der Waals surface area contributed by atoms with E-state index in [1.807, 2.05) is 30.3 Å². The van der Waals surface area contributed by atoms with E-state index < -0.39 is 11.4 Å². The lowest BCUT2D eigenvalue weighted by atomic mass is 9.90. The van der Waals surface area contributed by atoms with Gasteiger partial charge in [-0.25, -0.2) is 4.68 Å². The van der Waals surface area contributed by atoms with Crippen LogP contribution in [-0.4, -0.2) is 44.8 Å². The molecule has 1 fully saturated rings. The number of hydrogen-bond acceptors (Lipinski definition) is 4. The molecule has 0 aliphatic carbocycles. The molecule has 1 atom stereocenters. The molecule has 7 nitrogen and oxygen atoms in total. The number of carbonyl (C=O) groups excluding carboxylic acids is 1. The minimum absolute atomic E-state index is 0.178. The van der Waals surface area contributed by atoms with Crippen molar-refractivity contribution in [3.05, 3.63) is 60.5 Å². The molecule has 1 aromatic carbocycles. The summed E-state index contributed by atoms with van der Waals surface area (Å²) >= 11 is 0. The fourth-order valence-electron chi connectivity index (χ4n) is 3.32. The van der Waals surface area contributed by atoms with Crippen molar-refractivity contribution in [2.75, 3.05) is 13.1 Å². The first-order chi connectivity index (χ1) is 13.0. The van der Waals surface area contributed by atoms with Crippen LogP contribution in [0.25, 0.3) is 17.1 Å². The second kappa shape index (κ2) is 6.42. The molecule has 3 aromatic rings. The third-order valence-corrected chi connectivity index (χ3v) is 4.98. The SMILES string of the molecule is C[C@@]1(C(=O)O)CCN(C(=O)c2cc(-c3ccco3)nn2-c2ccccc2)C1. The normalized spacial score (nSPS) is 19.4. The molecule has 0 bridgehead atoms. The summed E-state index contributed by atoms with van der Waals surface area (Å²) in [5.74, 6) is -0.560. The molecule has 7 heteroatoms. The number of hydrogen-bond donors (Lipinski definition) is 1. The molecule has 1 saturated heterocycles. The summed E-state index contributed by atoms with van der Waals surface area (Å²) < 4.78 is 7.00. The zero-order valence-electron chi connectivity index (χ0n) is 14.8. The van der Waals surface area contributed by atoms with Crippen molar-refractivity contribution in [2.24, 2.45) is 5.41 Å². The Morgan fingerprint density at radius 3 is 2.59 bits per heavy atom. The van der Waals surface area contributed by atoms with Crippen molar-refractivity contribution >= 4 is 11.9 Å². The Balaban J connectivity index is 1.73. The number of para-hydroxylation sites is 1. The van der Waals surface area contributed by atoms with Gasteiger partial charge in [-0.1, -0.05) is 18.2 Å². The number of carboxylic acid groups (broad SMARTS) is 1. The van der Waals surface area contributed by atoms with Gasteiger partial charge >= 0.3 is 5.97 Å². The molecule has 2 aromatic heterocycles. The van der Waals surface area contributed by atoms with Crippen molar-refractivity contribution in [3.8, 4) is 17.1 Å². The van der Waals surface area contributed by atoms with Gasteiger partial charge in [-0.15, -0.1) is 0 Å². The molecule has 4 rings (SSSR count). The average molecular weight is 365 g/mol. The molecule has 1 aliphatic heterocycles. The zero-order chi connectivity index (χ0) is 19.0. The molecule has 27 heavy (non-hydrogen) atoms. The summed E-state index contributed by atoms with van der Waals surface area (Å²) in [7, 11) is 0. The van der Waals surface area contributed by atoms with E-state index in [-0.39, 0.29) is 12.5 Å². The third kappa shape index (κ3) is 3.01. The van der Waals surface area contributed by atoms with Gasteiger partial charge in [0.2, 0.25) is 0 Å². The molecular weight excluding hydrogens is 346 g/mol. The lowest BCUT2D eigenvalue weighted by Gasteiger charge is -2.20. The van der Waals surface area contributed by atoms with Crippen LogP contribution in [0.15, 0.2) is 59.2 Å². The standard InChI is InChI=1S/C20H19N3O4/c1-20(19(25)26)9-10-22(13-20)18(24)16-12-15(17-8-5-11-27-17)21-23(16)14-6-3-2-4-7-14/h2-8,11-12H,9-10,13H2,1H3,(H,25,26)/t20-/m1/s1. The number of nitrogens with zero attached hydrogens (tertiary/aromatic N) is 3. The van der Waals surface area contributed by atoms with Gasteiger partial charge in [-0.2, -0.15) is 5.10 Å². The second-order valence-corrected chi connectivity index (χ2v) is 6.98. The third-order valence-electron chi connectivity index (χ3n) is 4.98. The van der Waals surface area contributed by atoms with Crippen molar-refractivity contribution in [1.29, 1.82) is 0 Å². The summed E-state index contributed by atoms with van der Waals surface area (Å²) in [5, 5.41) is 14.0. The monoisotopic (exact) mass is 365 g/mol. The van der Waals surface area contributed by atoms with E-state index >= 15 is 0 Å². The van der Waals surface area contributed by atoms with Crippen molar-refractivity contribution < 1.29 is 19.1 Å². The molecule has 0 spiro atoms. The van der Waals surface area contributed by atoms with Gasteiger partial charge in [0.1, 0.15) is 11.4 Å². The van der Waals surface area contributed by atoms with Crippen molar-refractivity contribution in [3.63, 3.8) is 0 Å². The summed E-state index contributed by atoms with van der Waals surface area (Å²) in [4.78, 5) is 26.3. The van der Waals surface area contributed by atoms with Gasteiger partial charge < -0.3 is 14.4 Å². The van der Waals surface area contributed by atoms with Crippen molar-refractivity contribution in [1.82, 2.24) is 14.7 Å². The average Bonchev–Trinajstić information content (AvgIpc) is 3.41. The fraction of sp³-hybridized carbons (Fsp3) is 0.250. The Labute approximate surface area is 155 Å². The quantitative estimate of drug-likeness (QED) is 0.768. The highest BCUT2D eigenvalue weighted by molar-refractivity contribution is 5.95. The van der Waals surface area contributed by atoms with Gasteiger partial charge in [0.15, 0.2) is 5.76 Å². The molecule has 1 amide bonds. The van der Waals surface area contributed by atoms with Gasteiger partial charge in [-0.3, -0.25) is 9.59 Å². The first-order valence-electron chi connectivity index (χ1n) is 8.70. The van der Waals surface area contributed by atoms with Crippen LogP contribution in [0.1, 0.15) is 23.8 Å². The Kier molecular flexibility index (Phi) is 4.07. The molecule has 3 heterocycles. The summed E-state index contributed by atoms with van der Waals surface area (Å²) in [6, 6.07) is 14.6. The molecule has 1 N–H and O–H groups in total. The van der Waals surface area contributed by atoms with Crippen LogP contribution in [0.4, 0.5) is 0 Å². The van der Waals surface area contributed by atoms with Gasteiger partial charge in [0.25, 0.3) is 5.91 Å². The zero-order valence-corrected chi connectivity index (χ0v) is 14.8.